The van der Waals surface area contributed by atoms with E-state index < -0.39 is 0 Å². The molecule has 0 bridgehead atoms. The molecule has 3 heterocycles. The average molecular weight is 387 g/mol. The summed E-state index contributed by atoms with van der Waals surface area (Å²) in [6.45, 7) is 5.05. The highest BCUT2D eigenvalue weighted by Gasteiger charge is 2.22. The minimum atomic E-state index is 0.388. The van der Waals surface area contributed by atoms with Gasteiger partial charge in [-0.3, -0.25) is 4.90 Å². The third-order valence-electron chi connectivity index (χ3n) is 5.62. The SMILES string of the molecule is Cc1[nH]c(-c2ccccc2)nc1CN1CCC(Nc2nc3ccccc3o2)CC1. The van der Waals surface area contributed by atoms with Gasteiger partial charge in [0.1, 0.15) is 11.3 Å². The second kappa shape index (κ2) is 7.72. The molecule has 0 spiro atoms. The second-order valence-corrected chi connectivity index (χ2v) is 7.70. The topological polar surface area (TPSA) is 70.0 Å². The Morgan fingerprint density at radius 1 is 1.03 bits per heavy atom. The van der Waals surface area contributed by atoms with Gasteiger partial charge in [0.25, 0.3) is 6.01 Å². The Hall–Kier alpha value is -3.12. The van der Waals surface area contributed by atoms with Gasteiger partial charge in [0.05, 0.1) is 5.69 Å². The number of para-hydroxylation sites is 2. The standard InChI is InChI=1S/C23H25N5O/c1-16-20(26-22(24-16)17-7-3-2-4-8-17)15-28-13-11-18(12-14-28)25-23-27-19-9-5-6-10-21(19)29-23/h2-10,18H,11-15H2,1H3,(H,24,26)(H,25,27). The molecule has 6 nitrogen and oxygen atoms in total. The van der Waals surface area contributed by atoms with Crippen molar-refractivity contribution in [1.29, 1.82) is 0 Å². The summed E-state index contributed by atoms with van der Waals surface area (Å²) in [5, 5.41) is 3.47. The van der Waals surface area contributed by atoms with Crippen molar-refractivity contribution in [2.75, 3.05) is 18.4 Å². The number of aromatic amines is 1. The summed E-state index contributed by atoms with van der Waals surface area (Å²) in [7, 11) is 0. The maximum absolute atomic E-state index is 5.80. The van der Waals surface area contributed by atoms with Crippen LogP contribution in [0.5, 0.6) is 0 Å². The van der Waals surface area contributed by atoms with Crippen LogP contribution in [0.3, 0.4) is 0 Å². The number of imidazole rings is 1. The lowest BCUT2D eigenvalue weighted by atomic mass is 10.1. The van der Waals surface area contributed by atoms with Gasteiger partial charge in [0, 0.05) is 36.9 Å². The molecule has 0 aliphatic carbocycles. The molecule has 2 N–H and O–H groups in total. The van der Waals surface area contributed by atoms with E-state index in [9.17, 15) is 0 Å². The fourth-order valence-electron chi connectivity index (χ4n) is 3.94. The molecule has 6 heteroatoms. The first-order chi connectivity index (χ1) is 14.2. The number of benzene rings is 2. The lowest BCUT2D eigenvalue weighted by Crippen LogP contribution is -2.38. The zero-order valence-corrected chi connectivity index (χ0v) is 16.6. The van der Waals surface area contributed by atoms with Crippen molar-refractivity contribution in [1.82, 2.24) is 19.9 Å². The van der Waals surface area contributed by atoms with Crippen LogP contribution in [-0.2, 0) is 6.54 Å². The highest BCUT2D eigenvalue weighted by molar-refractivity contribution is 5.74. The monoisotopic (exact) mass is 387 g/mol. The van der Waals surface area contributed by atoms with Crippen molar-refractivity contribution in [2.45, 2.75) is 32.4 Å². The summed E-state index contributed by atoms with van der Waals surface area (Å²) < 4.78 is 5.80. The fraction of sp³-hybridized carbons (Fsp3) is 0.304. The van der Waals surface area contributed by atoms with E-state index in [1.807, 2.05) is 42.5 Å². The van der Waals surface area contributed by atoms with Gasteiger partial charge in [-0.1, -0.05) is 42.5 Å². The molecule has 2 aromatic carbocycles. The van der Waals surface area contributed by atoms with Crippen LogP contribution in [0.15, 0.2) is 59.0 Å². The normalized spacial score (nSPS) is 15.8. The van der Waals surface area contributed by atoms with Crippen molar-refractivity contribution >= 4 is 17.1 Å². The van der Waals surface area contributed by atoms with Crippen LogP contribution in [0.2, 0.25) is 0 Å². The first-order valence-electron chi connectivity index (χ1n) is 10.2. The molecule has 0 amide bonds. The summed E-state index contributed by atoms with van der Waals surface area (Å²) in [6, 6.07) is 19.2. The van der Waals surface area contributed by atoms with E-state index in [0.717, 1.165) is 66.4 Å². The fourth-order valence-corrected chi connectivity index (χ4v) is 3.94. The molecular formula is C23H25N5O. The Morgan fingerprint density at radius 3 is 2.59 bits per heavy atom. The van der Waals surface area contributed by atoms with Crippen LogP contribution in [0.25, 0.3) is 22.5 Å². The van der Waals surface area contributed by atoms with Crippen molar-refractivity contribution in [3.63, 3.8) is 0 Å². The number of hydrogen-bond donors (Lipinski definition) is 2. The van der Waals surface area contributed by atoms with E-state index in [4.69, 9.17) is 9.40 Å². The number of aryl methyl sites for hydroxylation is 1. The van der Waals surface area contributed by atoms with Gasteiger partial charge in [0.2, 0.25) is 0 Å². The van der Waals surface area contributed by atoms with Crippen molar-refractivity contribution in [3.8, 4) is 11.4 Å². The number of rotatable bonds is 5. The Kier molecular flexibility index (Phi) is 4.77. The highest BCUT2D eigenvalue weighted by atomic mass is 16.4. The van der Waals surface area contributed by atoms with Gasteiger partial charge in [-0.2, -0.15) is 4.98 Å². The zero-order chi connectivity index (χ0) is 19.6. The summed E-state index contributed by atoms with van der Waals surface area (Å²) in [5.74, 6) is 0.950. The van der Waals surface area contributed by atoms with E-state index in [2.05, 4.69) is 39.2 Å². The number of nitrogens with one attached hydrogen (secondary N) is 2. The molecule has 0 atom stereocenters. The number of fused-ring (bicyclic) bond motifs is 1. The molecule has 29 heavy (non-hydrogen) atoms. The predicted molar refractivity (Wildman–Crippen MR) is 115 cm³/mol. The maximum Gasteiger partial charge on any atom is 0.295 e. The molecule has 1 fully saturated rings. The van der Waals surface area contributed by atoms with Crippen LogP contribution in [0.4, 0.5) is 6.01 Å². The number of piperidine rings is 1. The lowest BCUT2D eigenvalue weighted by Gasteiger charge is -2.31. The summed E-state index contributed by atoms with van der Waals surface area (Å²) in [5.41, 5.74) is 5.14. The minimum absolute atomic E-state index is 0.388. The molecule has 1 aliphatic rings. The number of oxazole rings is 1. The summed E-state index contributed by atoms with van der Waals surface area (Å²) >= 11 is 0. The number of H-pyrrole nitrogens is 1. The van der Waals surface area contributed by atoms with Gasteiger partial charge >= 0.3 is 0 Å². The van der Waals surface area contributed by atoms with E-state index in [-0.39, 0.29) is 0 Å². The minimum Gasteiger partial charge on any atom is -0.424 e. The number of nitrogens with zero attached hydrogens (tertiary/aromatic N) is 3. The lowest BCUT2D eigenvalue weighted by molar-refractivity contribution is 0.208. The molecule has 5 rings (SSSR count). The quantitative estimate of drug-likeness (QED) is 0.524. The molecule has 148 valence electrons. The third kappa shape index (κ3) is 3.89. The van der Waals surface area contributed by atoms with E-state index in [0.29, 0.717) is 12.1 Å². The molecule has 0 saturated carbocycles. The third-order valence-corrected chi connectivity index (χ3v) is 5.62. The molecule has 0 radical (unpaired) electrons. The van der Waals surface area contributed by atoms with Crippen LogP contribution < -0.4 is 5.32 Å². The van der Waals surface area contributed by atoms with E-state index >= 15 is 0 Å². The van der Waals surface area contributed by atoms with E-state index in [1.54, 1.807) is 0 Å². The predicted octanol–water partition coefficient (Wildman–Crippen LogP) is 4.60. The smallest absolute Gasteiger partial charge is 0.295 e. The second-order valence-electron chi connectivity index (χ2n) is 7.70. The molecular weight excluding hydrogens is 362 g/mol. The maximum atomic E-state index is 5.80. The summed E-state index contributed by atoms with van der Waals surface area (Å²) in [6.07, 6.45) is 2.13. The van der Waals surface area contributed by atoms with Crippen LogP contribution >= 0.6 is 0 Å². The van der Waals surface area contributed by atoms with Gasteiger partial charge < -0.3 is 14.7 Å². The Balaban J connectivity index is 1.18. The number of anilines is 1. The average Bonchev–Trinajstić information content (AvgIpc) is 3.33. The molecule has 1 aliphatic heterocycles. The van der Waals surface area contributed by atoms with Crippen molar-refractivity contribution < 1.29 is 4.42 Å². The Morgan fingerprint density at radius 2 is 1.79 bits per heavy atom. The number of likely N-dealkylation sites (tertiary alicyclic amines) is 1. The van der Waals surface area contributed by atoms with Crippen LogP contribution in [0, 0.1) is 6.92 Å². The largest absolute Gasteiger partial charge is 0.424 e. The summed E-state index contributed by atoms with van der Waals surface area (Å²) in [4.78, 5) is 15.3. The molecule has 0 unspecified atom stereocenters. The zero-order valence-electron chi connectivity index (χ0n) is 16.6. The van der Waals surface area contributed by atoms with Gasteiger partial charge in [-0.25, -0.2) is 4.98 Å². The van der Waals surface area contributed by atoms with Crippen LogP contribution in [-0.4, -0.2) is 39.0 Å². The van der Waals surface area contributed by atoms with Gasteiger partial charge in [-0.05, 0) is 31.9 Å². The highest BCUT2D eigenvalue weighted by Crippen LogP contribution is 2.23. The van der Waals surface area contributed by atoms with Gasteiger partial charge in [-0.15, -0.1) is 0 Å². The number of aromatic nitrogens is 3. The Labute approximate surface area is 170 Å². The van der Waals surface area contributed by atoms with Crippen molar-refractivity contribution in [3.05, 3.63) is 66.0 Å². The Bertz CT molecular complexity index is 1060. The van der Waals surface area contributed by atoms with Crippen molar-refractivity contribution in [2.24, 2.45) is 0 Å². The number of hydrogen-bond acceptors (Lipinski definition) is 5. The molecule has 1 saturated heterocycles. The van der Waals surface area contributed by atoms with Gasteiger partial charge in [0.15, 0.2) is 5.58 Å². The van der Waals surface area contributed by atoms with E-state index in [1.165, 1.54) is 0 Å². The first-order valence-corrected chi connectivity index (χ1v) is 10.2. The van der Waals surface area contributed by atoms with Crippen LogP contribution in [0.1, 0.15) is 24.2 Å². The molecule has 2 aromatic heterocycles. The first kappa shape index (κ1) is 17.9. The molecule has 4 aromatic rings.